The lowest BCUT2D eigenvalue weighted by Gasteiger charge is -2.31. The second kappa shape index (κ2) is 13.5. The lowest BCUT2D eigenvalue weighted by Crippen LogP contribution is -2.49. The molecule has 0 unspecified atom stereocenters. The van der Waals surface area contributed by atoms with Crippen molar-refractivity contribution in [3.8, 4) is 5.75 Å². The van der Waals surface area contributed by atoms with Crippen LogP contribution in [0.4, 0.5) is 0 Å². The second-order valence-corrected chi connectivity index (χ2v) is 11.6. The first-order chi connectivity index (χ1) is 20.0. The van der Waals surface area contributed by atoms with Gasteiger partial charge in [0.1, 0.15) is 5.75 Å². The minimum atomic E-state index is -1.26. The summed E-state index contributed by atoms with van der Waals surface area (Å²) in [4.78, 5) is 19.4. The Morgan fingerprint density at radius 3 is 2.20 bits per heavy atom. The van der Waals surface area contributed by atoms with Gasteiger partial charge in [0.05, 0.1) is 6.61 Å². The number of aliphatic hydroxyl groups is 1. The van der Waals surface area contributed by atoms with E-state index in [2.05, 4.69) is 37.2 Å². The SMILES string of the molecule is O=C(NCc1ccccc1)[C@]1(Cc2ccc(Br)cc2)N=C(c2ccc(OCCCO)cc2)O[C@@H]1c1ccc(Br)cc1. The summed E-state index contributed by atoms with van der Waals surface area (Å²) >= 11 is 7.04. The van der Waals surface area contributed by atoms with Gasteiger partial charge < -0.3 is 19.9 Å². The number of nitrogens with zero attached hydrogens (tertiary/aromatic N) is 1. The highest BCUT2D eigenvalue weighted by molar-refractivity contribution is 9.10. The van der Waals surface area contributed by atoms with E-state index in [1.165, 1.54) is 0 Å². The third-order valence-electron chi connectivity index (χ3n) is 6.89. The van der Waals surface area contributed by atoms with Crippen molar-refractivity contribution in [1.29, 1.82) is 0 Å². The third kappa shape index (κ3) is 7.07. The Morgan fingerprint density at radius 1 is 0.878 bits per heavy atom. The number of halogens is 2. The molecule has 0 spiro atoms. The first kappa shape index (κ1) is 29.0. The topological polar surface area (TPSA) is 80.2 Å². The number of benzene rings is 4. The molecule has 1 aliphatic heterocycles. The van der Waals surface area contributed by atoms with Crippen LogP contribution in [0.2, 0.25) is 0 Å². The van der Waals surface area contributed by atoms with Crippen LogP contribution in [0.5, 0.6) is 5.75 Å². The molecule has 1 amide bonds. The number of hydrogen-bond donors (Lipinski definition) is 2. The molecule has 8 heteroatoms. The Bertz CT molecular complexity index is 1480. The summed E-state index contributed by atoms with van der Waals surface area (Å²) in [5.74, 6) is 0.870. The first-order valence-electron chi connectivity index (χ1n) is 13.4. The Hall–Kier alpha value is -3.46. The summed E-state index contributed by atoms with van der Waals surface area (Å²) in [5, 5.41) is 12.2. The van der Waals surface area contributed by atoms with Crippen LogP contribution in [0.3, 0.4) is 0 Å². The lowest BCUT2D eigenvalue weighted by molar-refractivity contribution is -0.129. The molecule has 5 rings (SSSR count). The molecule has 1 aliphatic rings. The minimum Gasteiger partial charge on any atom is -0.494 e. The van der Waals surface area contributed by atoms with E-state index < -0.39 is 11.6 Å². The molecule has 4 aromatic carbocycles. The zero-order valence-corrected chi connectivity index (χ0v) is 25.5. The summed E-state index contributed by atoms with van der Waals surface area (Å²) < 4.78 is 14.2. The van der Waals surface area contributed by atoms with Crippen LogP contribution in [0, 0.1) is 0 Å². The summed E-state index contributed by atoms with van der Waals surface area (Å²) in [7, 11) is 0. The van der Waals surface area contributed by atoms with Crippen molar-refractivity contribution in [1.82, 2.24) is 5.32 Å². The van der Waals surface area contributed by atoms with Crippen LogP contribution in [-0.4, -0.2) is 35.7 Å². The average Bonchev–Trinajstić information content (AvgIpc) is 3.39. The lowest BCUT2D eigenvalue weighted by atomic mass is 9.82. The molecule has 6 nitrogen and oxygen atoms in total. The Labute approximate surface area is 256 Å². The summed E-state index contributed by atoms with van der Waals surface area (Å²) in [5.41, 5.74) is 2.30. The van der Waals surface area contributed by atoms with Crippen molar-refractivity contribution >= 4 is 43.7 Å². The number of nitrogens with one attached hydrogen (secondary N) is 1. The number of hydrogen-bond acceptors (Lipinski definition) is 5. The fourth-order valence-electron chi connectivity index (χ4n) is 4.76. The van der Waals surface area contributed by atoms with E-state index in [0.717, 1.165) is 31.2 Å². The van der Waals surface area contributed by atoms with E-state index in [4.69, 9.17) is 19.6 Å². The number of carbonyl (C=O) groups excluding carboxylic acids is 1. The smallest absolute Gasteiger partial charge is 0.252 e. The standard InChI is InChI=1S/C33H30Br2N2O4/c34-27-13-7-23(8-14-27)21-33(32(39)36-22-24-5-2-1-3-6-24)30(25-9-15-28(35)16-10-25)41-31(37-33)26-11-17-29(18-12-26)40-20-4-19-38/h1-3,5-18,30,38H,4,19-22H2,(H,36,39)/t30-,33-/m1/s1. The highest BCUT2D eigenvalue weighted by atomic mass is 79.9. The van der Waals surface area contributed by atoms with Gasteiger partial charge in [0, 0.05) is 40.5 Å². The number of aliphatic hydroxyl groups excluding tert-OH is 1. The summed E-state index contributed by atoms with van der Waals surface area (Å²) in [6, 6.07) is 33.0. The van der Waals surface area contributed by atoms with Gasteiger partial charge in [-0.3, -0.25) is 4.79 Å². The largest absolute Gasteiger partial charge is 0.494 e. The predicted molar refractivity (Wildman–Crippen MR) is 167 cm³/mol. The fourth-order valence-corrected chi connectivity index (χ4v) is 5.29. The van der Waals surface area contributed by atoms with Crippen LogP contribution >= 0.6 is 31.9 Å². The fraction of sp³-hybridized carbons (Fsp3) is 0.212. The maximum Gasteiger partial charge on any atom is 0.252 e. The van der Waals surface area contributed by atoms with Crippen molar-refractivity contribution in [2.45, 2.75) is 31.0 Å². The van der Waals surface area contributed by atoms with Crippen molar-refractivity contribution in [2.75, 3.05) is 13.2 Å². The van der Waals surface area contributed by atoms with Crippen molar-refractivity contribution in [3.63, 3.8) is 0 Å². The van der Waals surface area contributed by atoms with Crippen LogP contribution in [0.1, 0.15) is 34.8 Å². The molecule has 41 heavy (non-hydrogen) atoms. The molecule has 0 fully saturated rings. The number of rotatable bonds is 11. The van der Waals surface area contributed by atoms with Crippen molar-refractivity contribution in [3.05, 3.63) is 134 Å². The first-order valence-corrected chi connectivity index (χ1v) is 15.0. The monoisotopic (exact) mass is 676 g/mol. The van der Waals surface area contributed by atoms with E-state index in [1.54, 1.807) is 0 Å². The van der Waals surface area contributed by atoms with Crippen molar-refractivity contribution in [2.24, 2.45) is 4.99 Å². The molecule has 0 bridgehead atoms. The quantitative estimate of drug-likeness (QED) is 0.171. The molecule has 0 aliphatic carbocycles. The molecule has 0 radical (unpaired) electrons. The minimum absolute atomic E-state index is 0.0764. The molecule has 210 valence electrons. The van der Waals surface area contributed by atoms with Gasteiger partial charge in [-0.05, 0) is 65.2 Å². The Balaban J connectivity index is 1.54. The molecule has 0 aromatic heterocycles. The summed E-state index contributed by atoms with van der Waals surface area (Å²) in [6.45, 7) is 0.878. The van der Waals surface area contributed by atoms with Gasteiger partial charge in [-0.1, -0.05) is 86.5 Å². The molecule has 0 saturated heterocycles. The third-order valence-corrected chi connectivity index (χ3v) is 7.94. The Kier molecular flexibility index (Phi) is 9.54. The van der Waals surface area contributed by atoms with Gasteiger partial charge in [-0.2, -0.15) is 0 Å². The highest BCUT2D eigenvalue weighted by Crippen LogP contribution is 2.43. The molecule has 2 N–H and O–H groups in total. The van der Waals surface area contributed by atoms with E-state index in [0.29, 0.717) is 37.6 Å². The maximum atomic E-state index is 14.3. The normalized spacial score (nSPS) is 17.9. The molecule has 0 saturated carbocycles. The number of aliphatic imine (C=N–C) groups is 1. The molecule has 1 heterocycles. The van der Waals surface area contributed by atoms with Crippen LogP contribution in [0.15, 0.2) is 117 Å². The summed E-state index contributed by atoms with van der Waals surface area (Å²) in [6.07, 6.45) is 0.238. The molecule has 2 atom stereocenters. The van der Waals surface area contributed by atoms with Gasteiger partial charge in [0.2, 0.25) is 5.90 Å². The molecular weight excluding hydrogens is 648 g/mol. The van der Waals surface area contributed by atoms with Crippen LogP contribution < -0.4 is 10.1 Å². The van der Waals surface area contributed by atoms with Gasteiger partial charge >= 0.3 is 0 Å². The Morgan fingerprint density at radius 2 is 1.54 bits per heavy atom. The van der Waals surface area contributed by atoms with E-state index >= 15 is 0 Å². The number of carbonyl (C=O) groups is 1. The number of ether oxygens (including phenoxy) is 2. The van der Waals surface area contributed by atoms with Crippen LogP contribution in [0.25, 0.3) is 0 Å². The van der Waals surface area contributed by atoms with Crippen LogP contribution in [-0.2, 0) is 22.5 Å². The number of amides is 1. The zero-order valence-electron chi connectivity index (χ0n) is 22.3. The molecule has 4 aromatic rings. The van der Waals surface area contributed by atoms with E-state index in [9.17, 15) is 4.79 Å². The second-order valence-electron chi connectivity index (χ2n) is 9.81. The van der Waals surface area contributed by atoms with Gasteiger partial charge in [0.25, 0.3) is 5.91 Å². The van der Waals surface area contributed by atoms with E-state index in [-0.39, 0.29) is 12.5 Å². The average molecular weight is 678 g/mol. The van der Waals surface area contributed by atoms with Gasteiger partial charge in [0.15, 0.2) is 11.6 Å². The maximum absolute atomic E-state index is 14.3. The van der Waals surface area contributed by atoms with E-state index in [1.807, 2.05) is 103 Å². The van der Waals surface area contributed by atoms with Gasteiger partial charge in [-0.15, -0.1) is 0 Å². The molecular formula is C33H30Br2N2O4. The van der Waals surface area contributed by atoms with Crippen molar-refractivity contribution < 1.29 is 19.4 Å². The predicted octanol–water partition coefficient (Wildman–Crippen LogP) is 6.79. The zero-order chi connectivity index (χ0) is 28.7. The van der Waals surface area contributed by atoms with Gasteiger partial charge in [-0.25, -0.2) is 4.99 Å². The highest BCUT2D eigenvalue weighted by Gasteiger charge is 2.53.